The van der Waals surface area contributed by atoms with E-state index in [0.717, 1.165) is 10.2 Å². The third kappa shape index (κ3) is 1.47. The van der Waals surface area contributed by atoms with Gasteiger partial charge in [0.1, 0.15) is 9.98 Å². The maximum atomic E-state index is 5.97. The second-order valence-electron chi connectivity index (χ2n) is 2.66. The molecule has 13 heavy (non-hydrogen) atoms. The molecule has 0 aliphatic heterocycles. The Bertz CT molecular complexity index is 452. The van der Waals surface area contributed by atoms with Gasteiger partial charge < -0.3 is 5.32 Å². The van der Waals surface area contributed by atoms with E-state index < -0.39 is 0 Å². The Morgan fingerprint density at radius 3 is 2.92 bits per heavy atom. The van der Waals surface area contributed by atoms with Crippen molar-refractivity contribution in [2.24, 2.45) is 0 Å². The van der Waals surface area contributed by atoms with Crippen LogP contribution in [0.15, 0.2) is 6.07 Å². The van der Waals surface area contributed by atoms with Crippen molar-refractivity contribution < 1.29 is 0 Å². The standard InChI is InChI=1S/C8H8ClN3S/c1-4-3-5-6(9)11-8(10-2)12-7(5)13-4/h3H,1-2H3,(H,10,11,12). The van der Waals surface area contributed by atoms with Crippen molar-refractivity contribution >= 4 is 39.1 Å². The van der Waals surface area contributed by atoms with Crippen LogP contribution in [0.3, 0.4) is 0 Å². The molecule has 0 saturated heterocycles. The van der Waals surface area contributed by atoms with Crippen molar-refractivity contribution in [2.45, 2.75) is 6.92 Å². The summed E-state index contributed by atoms with van der Waals surface area (Å²) in [5, 5.41) is 4.32. The van der Waals surface area contributed by atoms with E-state index in [1.165, 1.54) is 4.88 Å². The van der Waals surface area contributed by atoms with Crippen LogP contribution in [0.2, 0.25) is 5.15 Å². The van der Waals surface area contributed by atoms with E-state index in [4.69, 9.17) is 11.6 Å². The second kappa shape index (κ2) is 3.12. The zero-order chi connectivity index (χ0) is 9.42. The van der Waals surface area contributed by atoms with Gasteiger partial charge in [-0.2, -0.15) is 0 Å². The summed E-state index contributed by atoms with van der Waals surface area (Å²) in [6.45, 7) is 2.03. The highest BCUT2D eigenvalue weighted by Gasteiger charge is 2.07. The summed E-state index contributed by atoms with van der Waals surface area (Å²) in [4.78, 5) is 10.5. The van der Waals surface area contributed by atoms with Gasteiger partial charge in [-0.05, 0) is 13.0 Å². The number of rotatable bonds is 1. The Hall–Kier alpha value is -0.870. The fraction of sp³-hybridized carbons (Fsp3) is 0.250. The number of thiophene rings is 1. The average molecular weight is 214 g/mol. The van der Waals surface area contributed by atoms with Gasteiger partial charge in [0.05, 0.1) is 0 Å². The number of anilines is 1. The molecular weight excluding hydrogens is 206 g/mol. The van der Waals surface area contributed by atoms with Gasteiger partial charge in [-0.3, -0.25) is 0 Å². The van der Waals surface area contributed by atoms with Crippen molar-refractivity contribution in [3.05, 3.63) is 16.1 Å². The topological polar surface area (TPSA) is 37.8 Å². The van der Waals surface area contributed by atoms with Gasteiger partial charge in [0.25, 0.3) is 0 Å². The van der Waals surface area contributed by atoms with Gasteiger partial charge in [-0.15, -0.1) is 11.3 Å². The molecule has 0 saturated carbocycles. The average Bonchev–Trinajstić information content (AvgIpc) is 2.46. The van der Waals surface area contributed by atoms with Gasteiger partial charge in [0.15, 0.2) is 0 Å². The molecule has 3 nitrogen and oxygen atoms in total. The van der Waals surface area contributed by atoms with E-state index >= 15 is 0 Å². The minimum Gasteiger partial charge on any atom is -0.357 e. The Morgan fingerprint density at radius 1 is 1.46 bits per heavy atom. The molecule has 0 atom stereocenters. The number of aromatic nitrogens is 2. The van der Waals surface area contributed by atoms with Crippen LogP contribution in [0.1, 0.15) is 4.88 Å². The van der Waals surface area contributed by atoms with Crippen LogP contribution in [0.5, 0.6) is 0 Å². The summed E-state index contributed by atoms with van der Waals surface area (Å²) in [6, 6.07) is 2.00. The fourth-order valence-corrected chi connectivity index (χ4v) is 2.28. The first-order chi connectivity index (χ1) is 6.20. The van der Waals surface area contributed by atoms with Gasteiger partial charge in [-0.25, -0.2) is 9.97 Å². The van der Waals surface area contributed by atoms with Crippen molar-refractivity contribution in [3.63, 3.8) is 0 Å². The summed E-state index contributed by atoms with van der Waals surface area (Å²) in [7, 11) is 1.78. The molecule has 2 heterocycles. The highest BCUT2D eigenvalue weighted by molar-refractivity contribution is 7.18. The monoisotopic (exact) mass is 213 g/mol. The smallest absolute Gasteiger partial charge is 0.225 e. The zero-order valence-electron chi connectivity index (χ0n) is 7.26. The zero-order valence-corrected chi connectivity index (χ0v) is 8.83. The first-order valence-electron chi connectivity index (χ1n) is 3.82. The van der Waals surface area contributed by atoms with Crippen LogP contribution in [0, 0.1) is 6.92 Å². The van der Waals surface area contributed by atoms with Crippen molar-refractivity contribution in [3.8, 4) is 0 Å². The van der Waals surface area contributed by atoms with Crippen LogP contribution in [-0.2, 0) is 0 Å². The highest BCUT2D eigenvalue weighted by atomic mass is 35.5. The molecule has 0 unspecified atom stereocenters. The number of fused-ring (bicyclic) bond motifs is 1. The van der Waals surface area contributed by atoms with Gasteiger partial charge in [0.2, 0.25) is 5.95 Å². The lowest BCUT2D eigenvalue weighted by atomic mass is 10.4. The third-order valence-electron chi connectivity index (χ3n) is 1.69. The van der Waals surface area contributed by atoms with E-state index in [1.807, 2.05) is 13.0 Å². The summed E-state index contributed by atoms with van der Waals surface area (Å²) >= 11 is 7.59. The minimum absolute atomic E-state index is 0.513. The Balaban J connectivity index is 2.75. The number of nitrogens with zero attached hydrogens (tertiary/aromatic N) is 2. The summed E-state index contributed by atoms with van der Waals surface area (Å²) in [6.07, 6.45) is 0. The molecule has 0 aromatic carbocycles. The predicted octanol–water partition coefficient (Wildman–Crippen LogP) is 2.69. The molecule has 68 valence electrons. The number of hydrogen-bond acceptors (Lipinski definition) is 4. The lowest BCUT2D eigenvalue weighted by Crippen LogP contribution is -1.95. The first-order valence-corrected chi connectivity index (χ1v) is 5.01. The third-order valence-corrected chi connectivity index (χ3v) is 2.93. The molecule has 0 aliphatic carbocycles. The lowest BCUT2D eigenvalue weighted by molar-refractivity contribution is 1.20. The number of hydrogen-bond donors (Lipinski definition) is 1. The van der Waals surface area contributed by atoms with Crippen LogP contribution >= 0.6 is 22.9 Å². The van der Waals surface area contributed by atoms with Crippen LogP contribution < -0.4 is 5.32 Å². The van der Waals surface area contributed by atoms with Crippen LogP contribution in [0.25, 0.3) is 10.2 Å². The maximum absolute atomic E-state index is 5.97. The van der Waals surface area contributed by atoms with Crippen LogP contribution in [0.4, 0.5) is 5.95 Å². The number of halogens is 1. The molecular formula is C8H8ClN3S. The summed E-state index contributed by atoms with van der Waals surface area (Å²) in [5.41, 5.74) is 0. The van der Waals surface area contributed by atoms with Crippen LogP contribution in [-0.4, -0.2) is 17.0 Å². The lowest BCUT2D eigenvalue weighted by Gasteiger charge is -1.98. The van der Waals surface area contributed by atoms with E-state index in [2.05, 4.69) is 15.3 Å². The Kier molecular flexibility index (Phi) is 2.09. The molecule has 0 bridgehead atoms. The molecule has 2 rings (SSSR count). The largest absolute Gasteiger partial charge is 0.357 e. The highest BCUT2D eigenvalue weighted by Crippen LogP contribution is 2.28. The summed E-state index contributed by atoms with van der Waals surface area (Å²) in [5.74, 6) is 0.569. The number of nitrogens with one attached hydrogen (secondary N) is 1. The molecule has 2 aromatic rings. The molecule has 1 N–H and O–H groups in total. The number of aryl methyl sites for hydroxylation is 1. The normalized spacial score (nSPS) is 10.7. The fourth-order valence-electron chi connectivity index (χ4n) is 1.12. The molecule has 0 fully saturated rings. The van der Waals surface area contributed by atoms with E-state index in [-0.39, 0.29) is 0 Å². The SMILES string of the molecule is CNc1nc(Cl)c2cc(C)sc2n1. The molecule has 0 aliphatic rings. The maximum Gasteiger partial charge on any atom is 0.225 e. The van der Waals surface area contributed by atoms with Crippen molar-refractivity contribution in [1.82, 2.24) is 9.97 Å². The second-order valence-corrected chi connectivity index (χ2v) is 4.26. The van der Waals surface area contributed by atoms with Gasteiger partial charge in [0, 0.05) is 17.3 Å². The van der Waals surface area contributed by atoms with E-state index in [1.54, 1.807) is 18.4 Å². The Labute approximate surface area is 84.8 Å². The van der Waals surface area contributed by atoms with Crippen molar-refractivity contribution in [2.75, 3.05) is 12.4 Å². The van der Waals surface area contributed by atoms with E-state index in [9.17, 15) is 0 Å². The molecule has 0 radical (unpaired) electrons. The van der Waals surface area contributed by atoms with Gasteiger partial charge >= 0.3 is 0 Å². The van der Waals surface area contributed by atoms with Gasteiger partial charge in [-0.1, -0.05) is 11.6 Å². The quantitative estimate of drug-likeness (QED) is 0.741. The predicted molar refractivity (Wildman–Crippen MR) is 56.7 cm³/mol. The first kappa shape index (κ1) is 8.72. The molecule has 2 aromatic heterocycles. The van der Waals surface area contributed by atoms with E-state index in [0.29, 0.717) is 11.1 Å². The Morgan fingerprint density at radius 2 is 2.23 bits per heavy atom. The minimum atomic E-state index is 0.513. The molecule has 0 spiro atoms. The molecule has 5 heteroatoms. The van der Waals surface area contributed by atoms with Crippen molar-refractivity contribution in [1.29, 1.82) is 0 Å². The molecule has 0 amide bonds. The summed E-state index contributed by atoms with van der Waals surface area (Å²) < 4.78 is 0.